The van der Waals surface area contributed by atoms with Crippen molar-refractivity contribution in [1.82, 2.24) is 10.6 Å². The lowest BCUT2D eigenvalue weighted by Crippen LogP contribution is -2.19. The largest absolute Gasteiger partial charge is 0.496 e. The van der Waals surface area contributed by atoms with E-state index in [1.807, 2.05) is 12.3 Å². The van der Waals surface area contributed by atoms with Gasteiger partial charge in [-0.2, -0.15) is 0 Å². The Balaban J connectivity index is 2.28. The van der Waals surface area contributed by atoms with Gasteiger partial charge < -0.3 is 15.4 Å². The third kappa shape index (κ3) is 2.64. The van der Waals surface area contributed by atoms with Crippen LogP contribution in [0.2, 0.25) is 0 Å². The molecular weight excluding hydrogens is 116 g/mol. The minimum Gasteiger partial charge on any atom is -0.496 e. The molecule has 0 spiro atoms. The van der Waals surface area contributed by atoms with Crippen LogP contribution in [0.1, 0.15) is 0 Å². The summed E-state index contributed by atoms with van der Waals surface area (Å²) in [6.45, 7) is 1.38. The Labute approximate surface area is 54.4 Å². The van der Waals surface area contributed by atoms with Gasteiger partial charge in [0.15, 0.2) is 0 Å². The Morgan fingerprint density at radius 3 is 3.11 bits per heavy atom. The van der Waals surface area contributed by atoms with E-state index in [1.165, 1.54) is 0 Å². The van der Waals surface area contributed by atoms with Crippen LogP contribution in [-0.2, 0) is 4.74 Å². The van der Waals surface area contributed by atoms with Crippen molar-refractivity contribution in [2.75, 3.05) is 13.3 Å². The molecule has 0 saturated carbocycles. The van der Waals surface area contributed by atoms with Gasteiger partial charge in [-0.05, 0) is 12.3 Å². The van der Waals surface area contributed by atoms with Gasteiger partial charge in [0.2, 0.25) is 0 Å². The van der Waals surface area contributed by atoms with E-state index in [2.05, 4.69) is 10.6 Å². The van der Waals surface area contributed by atoms with Crippen molar-refractivity contribution in [3.63, 3.8) is 0 Å². The van der Waals surface area contributed by atoms with E-state index >= 15 is 0 Å². The fourth-order valence-corrected chi connectivity index (χ4v) is 0.516. The van der Waals surface area contributed by atoms with Crippen LogP contribution in [0.5, 0.6) is 0 Å². The zero-order valence-electron chi connectivity index (χ0n) is 5.13. The molecule has 0 unspecified atom stereocenters. The number of rotatable bonds is 0. The molecule has 0 atom stereocenters. The van der Waals surface area contributed by atoms with Gasteiger partial charge in [0.05, 0.1) is 12.9 Å². The maximum atomic E-state index is 4.98. The summed E-state index contributed by atoms with van der Waals surface area (Å²) in [4.78, 5) is 0. The molecule has 0 aromatic rings. The van der Waals surface area contributed by atoms with Crippen LogP contribution in [0, 0.1) is 0 Å². The van der Waals surface area contributed by atoms with Gasteiger partial charge in [0.25, 0.3) is 0 Å². The average Bonchev–Trinajstić information content (AvgIpc) is 2.00. The molecule has 50 valence electrons. The molecular formula is C6H10N2O. The summed E-state index contributed by atoms with van der Waals surface area (Å²) in [6, 6.07) is 0. The van der Waals surface area contributed by atoms with E-state index in [4.69, 9.17) is 4.74 Å². The summed E-state index contributed by atoms with van der Waals surface area (Å²) in [7, 11) is 0. The van der Waals surface area contributed by atoms with Crippen molar-refractivity contribution < 1.29 is 4.74 Å². The zero-order chi connectivity index (χ0) is 6.36. The van der Waals surface area contributed by atoms with Crippen molar-refractivity contribution >= 4 is 0 Å². The average molecular weight is 126 g/mol. The highest BCUT2D eigenvalue weighted by atomic mass is 16.5. The smallest absolute Gasteiger partial charge is 0.107 e. The summed E-state index contributed by atoms with van der Waals surface area (Å²) < 4.78 is 4.98. The first-order chi connectivity index (χ1) is 4.50. The van der Waals surface area contributed by atoms with Crippen molar-refractivity contribution in [1.29, 1.82) is 0 Å². The van der Waals surface area contributed by atoms with Crippen LogP contribution < -0.4 is 10.6 Å². The molecule has 1 heterocycles. The summed E-state index contributed by atoms with van der Waals surface area (Å²) in [6.07, 6.45) is 7.18. The van der Waals surface area contributed by atoms with E-state index in [-0.39, 0.29) is 0 Å². The van der Waals surface area contributed by atoms with Crippen molar-refractivity contribution in [2.45, 2.75) is 0 Å². The zero-order valence-corrected chi connectivity index (χ0v) is 5.13. The third-order valence-electron chi connectivity index (χ3n) is 0.914. The quantitative estimate of drug-likeness (QED) is 0.484. The topological polar surface area (TPSA) is 33.3 Å². The summed E-state index contributed by atoms with van der Waals surface area (Å²) >= 11 is 0. The summed E-state index contributed by atoms with van der Waals surface area (Å²) in [5, 5.41) is 5.96. The van der Waals surface area contributed by atoms with Crippen LogP contribution in [0.3, 0.4) is 0 Å². The van der Waals surface area contributed by atoms with Gasteiger partial charge in [-0.1, -0.05) is 0 Å². The van der Waals surface area contributed by atoms with Crippen LogP contribution in [0.25, 0.3) is 0 Å². The van der Waals surface area contributed by atoms with Crippen molar-refractivity contribution in [3.05, 3.63) is 24.7 Å². The second kappa shape index (κ2) is 3.83. The highest BCUT2D eigenvalue weighted by Crippen LogP contribution is 1.78. The molecule has 0 aromatic heterocycles. The molecule has 0 amide bonds. The molecule has 0 radical (unpaired) electrons. The SMILES string of the molecule is C1=C\NCN/C=C\OC/1. The fraction of sp³-hybridized carbons (Fsp3) is 0.333. The van der Waals surface area contributed by atoms with E-state index in [9.17, 15) is 0 Å². The van der Waals surface area contributed by atoms with Gasteiger partial charge in [-0.3, -0.25) is 0 Å². The second-order valence-electron chi connectivity index (χ2n) is 1.62. The minimum atomic E-state index is 0.630. The van der Waals surface area contributed by atoms with E-state index in [0.29, 0.717) is 6.61 Å². The monoisotopic (exact) mass is 126 g/mol. The van der Waals surface area contributed by atoms with Gasteiger partial charge in [0, 0.05) is 6.20 Å². The number of nitrogens with one attached hydrogen (secondary N) is 2. The normalized spacial score (nSPS) is 24.9. The molecule has 0 bridgehead atoms. The van der Waals surface area contributed by atoms with Gasteiger partial charge >= 0.3 is 0 Å². The first-order valence-electron chi connectivity index (χ1n) is 2.88. The maximum absolute atomic E-state index is 4.98. The third-order valence-corrected chi connectivity index (χ3v) is 0.914. The summed E-state index contributed by atoms with van der Waals surface area (Å²) in [5.41, 5.74) is 0. The Kier molecular flexibility index (Phi) is 2.56. The predicted molar refractivity (Wildman–Crippen MR) is 35.4 cm³/mol. The highest BCUT2D eigenvalue weighted by molar-refractivity contribution is 4.83. The maximum Gasteiger partial charge on any atom is 0.107 e. The summed E-state index contributed by atoms with van der Waals surface area (Å²) in [5.74, 6) is 0. The number of hydrogen-bond donors (Lipinski definition) is 2. The molecule has 0 aliphatic carbocycles. The molecule has 0 fully saturated rings. The van der Waals surface area contributed by atoms with E-state index in [1.54, 1.807) is 12.5 Å². The standard InChI is InChI=1S/C6H10N2O/c1-2-7-6-8-3-5-9-4-1/h1-3,5,7-8H,4,6H2/b2-1-,5-3-. The predicted octanol–water partition coefficient (Wildman–Crippen LogP) is 0.138. The molecule has 1 aliphatic rings. The van der Waals surface area contributed by atoms with Gasteiger partial charge in [-0.25, -0.2) is 0 Å². The lowest BCUT2D eigenvalue weighted by Gasteiger charge is -1.96. The van der Waals surface area contributed by atoms with Crippen LogP contribution in [0.4, 0.5) is 0 Å². The molecule has 9 heavy (non-hydrogen) atoms. The molecule has 0 aromatic carbocycles. The molecule has 1 aliphatic heterocycles. The van der Waals surface area contributed by atoms with E-state index in [0.717, 1.165) is 6.67 Å². The van der Waals surface area contributed by atoms with Crippen molar-refractivity contribution in [3.8, 4) is 0 Å². The van der Waals surface area contributed by atoms with Crippen LogP contribution in [0.15, 0.2) is 24.7 Å². The number of ether oxygens (including phenoxy) is 1. The van der Waals surface area contributed by atoms with Gasteiger partial charge in [0.1, 0.15) is 6.61 Å². The Hall–Kier alpha value is -1.12. The Bertz CT molecular complexity index is 106. The molecule has 3 heteroatoms. The lowest BCUT2D eigenvalue weighted by atomic mass is 10.6. The minimum absolute atomic E-state index is 0.630. The Morgan fingerprint density at radius 1 is 1.22 bits per heavy atom. The number of hydrogen-bond acceptors (Lipinski definition) is 3. The molecule has 2 N–H and O–H groups in total. The lowest BCUT2D eigenvalue weighted by molar-refractivity contribution is 0.288. The molecule has 3 nitrogen and oxygen atoms in total. The molecule has 1 rings (SSSR count). The first kappa shape index (κ1) is 6.01. The van der Waals surface area contributed by atoms with Crippen molar-refractivity contribution in [2.24, 2.45) is 0 Å². The first-order valence-corrected chi connectivity index (χ1v) is 2.88. The molecule has 0 saturated heterocycles. The second-order valence-corrected chi connectivity index (χ2v) is 1.62. The van der Waals surface area contributed by atoms with E-state index < -0.39 is 0 Å². The van der Waals surface area contributed by atoms with Crippen LogP contribution >= 0.6 is 0 Å². The fourth-order valence-electron chi connectivity index (χ4n) is 0.516. The van der Waals surface area contributed by atoms with Gasteiger partial charge in [-0.15, -0.1) is 0 Å². The Morgan fingerprint density at radius 2 is 2.11 bits per heavy atom. The van der Waals surface area contributed by atoms with Crippen LogP contribution in [-0.4, -0.2) is 13.3 Å². The highest BCUT2D eigenvalue weighted by Gasteiger charge is 1.78.